The predicted octanol–water partition coefficient (Wildman–Crippen LogP) is 3.88. The van der Waals surface area contributed by atoms with Crippen LogP contribution in [0.25, 0.3) is 0 Å². The van der Waals surface area contributed by atoms with E-state index in [1.807, 2.05) is 19.1 Å². The minimum atomic E-state index is 0.279. The quantitative estimate of drug-likeness (QED) is 0.816. The van der Waals surface area contributed by atoms with Gasteiger partial charge < -0.3 is 4.74 Å². The smallest absolute Gasteiger partial charge is 0.239 e. The van der Waals surface area contributed by atoms with Crippen LogP contribution in [-0.2, 0) is 0 Å². The van der Waals surface area contributed by atoms with E-state index >= 15 is 0 Å². The Hall–Kier alpha value is -1.32. The summed E-state index contributed by atoms with van der Waals surface area (Å²) in [5.74, 6) is 0.859. The van der Waals surface area contributed by atoms with Crippen molar-refractivity contribution in [2.75, 3.05) is 0 Å². The molecule has 0 aliphatic carbocycles. The molecule has 0 N–H and O–H groups in total. The van der Waals surface area contributed by atoms with Crippen molar-refractivity contribution in [3.63, 3.8) is 0 Å². The predicted molar refractivity (Wildman–Crippen MR) is 63.3 cm³/mol. The molecular formula is C11H8Cl2N2O. The molecule has 1 aromatic heterocycles. The summed E-state index contributed by atoms with van der Waals surface area (Å²) in [6.07, 6.45) is 2.91. The maximum absolute atomic E-state index is 5.98. The van der Waals surface area contributed by atoms with E-state index in [-0.39, 0.29) is 5.15 Å². The average molecular weight is 255 g/mol. The first-order valence-electron chi connectivity index (χ1n) is 4.57. The van der Waals surface area contributed by atoms with Crippen LogP contribution < -0.4 is 4.74 Å². The van der Waals surface area contributed by atoms with Crippen LogP contribution in [0.15, 0.2) is 30.6 Å². The topological polar surface area (TPSA) is 35.0 Å². The second-order valence-corrected chi connectivity index (χ2v) is 4.01. The third kappa shape index (κ3) is 2.62. The molecule has 0 aliphatic rings. The van der Waals surface area contributed by atoms with Crippen molar-refractivity contribution in [1.29, 1.82) is 0 Å². The van der Waals surface area contributed by atoms with E-state index in [1.54, 1.807) is 6.07 Å². The molecule has 0 saturated heterocycles. The van der Waals surface area contributed by atoms with Gasteiger partial charge in [-0.25, -0.2) is 0 Å². The zero-order chi connectivity index (χ0) is 11.5. The summed E-state index contributed by atoms with van der Waals surface area (Å²) in [6, 6.07) is 5.49. The lowest BCUT2D eigenvalue weighted by Crippen LogP contribution is -1.90. The number of hydrogen-bond acceptors (Lipinski definition) is 3. The molecule has 0 amide bonds. The van der Waals surface area contributed by atoms with Crippen molar-refractivity contribution < 1.29 is 4.74 Å². The molecule has 3 nitrogen and oxygen atoms in total. The van der Waals surface area contributed by atoms with Crippen LogP contribution in [0.4, 0.5) is 0 Å². The molecular weight excluding hydrogens is 247 g/mol. The molecule has 0 bridgehead atoms. The van der Waals surface area contributed by atoms with Crippen LogP contribution in [0.3, 0.4) is 0 Å². The van der Waals surface area contributed by atoms with Crippen molar-refractivity contribution in [2.24, 2.45) is 0 Å². The summed E-state index contributed by atoms with van der Waals surface area (Å²) in [5.41, 5.74) is 1.05. The zero-order valence-electron chi connectivity index (χ0n) is 8.45. The second-order valence-electron chi connectivity index (χ2n) is 3.22. The first-order chi connectivity index (χ1) is 7.65. The van der Waals surface area contributed by atoms with Crippen molar-refractivity contribution in [3.05, 3.63) is 46.3 Å². The summed E-state index contributed by atoms with van der Waals surface area (Å²) in [7, 11) is 0. The third-order valence-corrected chi connectivity index (χ3v) is 2.38. The summed E-state index contributed by atoms with van der Waals surface area (Å²) in [6.45, 7) is 1.95. The van der Waals surface area contributed by atoms with Gasteiger partial charge in [0, 0.05) is 0 Å². The SMILES string of the molecule is Cc1ccc(Cl)c(Oc2cncc(Cl)n2)c1. The highest BCUT2D eigenvalue weighted by molar-refractivity contribution is 6.32. The Kier molecular flexibility index (Phi) is 3.27. The molecule has 1 heterocycles. The van der Waals surface area contributed by atoms with Crippen molar-refractivity contribution in [1.82, 2.24) is 9.97 Å². The minimum Gasteiger partial charge on any atom is -0.436 e. The van der Waals surface area contributed by atoms with Gasteiger partial charge in [0.25, 0.3) is 0 Å². The lowest BCUT2D eigenvalue weighted by Gasteiger charge is -2.06. The molecule has 2 aromatic rings. The minimum absolute atomic E-state index is 0.279. The first-order valence-corrected chi connectivity index (χ1v) is 5.32. The standard InChI is InChI=1S/C11H8Cl2N2O/c1-7-2-3-8(12)9(4-7)16-11-6-14-5-10(13)15-11/h2-6H,1H3. The van der Waals surface area contributed by atoms with Gasteiger partial charge in [-0.1, -0.05) is 29.3 Å². The van der Waals surface area contributed by atoms with Crippen molar-refractivity contribution in [3.8, 4) is 11.6 Å². The Bertz CT molecular complexity index is 517. The molecule has 0 radical (unpaired) electrons. The molecule has 0 unspecified atom stereocenters. The zero-order valence-corrected chi connectivity index (χ0v) is 9.96. The summed E-state index contributed by atoms with van der Waals surface area (Å²) < 4.78 is 5.48. The molecule has 82 valence electrons. The number of benzene rings is 1. The van der Waals surface area contributed by atoms with E-state index in [4.69, 9.17) is 27.9 Å². The Morgan fingerprint density at radius 1 is 1.19 bits per heavy atom. The van der Waals surface area contributed by atoms with Gasteiger partial charge in [-0.2, -0.15) is 4.98 Å². The molecule has 0 aliphatic heterocycles. The lowest BCUT2D eigenvalue weighted by atomic mass is 10.2. The van der Waals surface area contributed by atoms with E-state index in [0.717, 1.165) is 5.56 Å². The van der Waals surface area contributed by atoms with Gasteiger partial charge in [-0.3, -0.25) is 4.98 Å². The number of halogens is 2. The lowest BCUT2D eigenvalue weighted by molar-refractivity contribution is 0.460. The van der Waals surface area contributed by atoms with E-state index in [2.05, 4.69) is 9.97 Å². The number of rotatable bonds is 2. The van der Waals surface area contributed by atoms with Crippen LogP contribution >= 0.6 is 23.2 Å². The molecule has 1 aromatic carbocycles. The fourth-order valence-electron chi connectivity index (χ4n) is 1.18. The van der Waals surface area contributed by atoms with E-state index < -0.39 is 0 Å². The van der Waals surface area contributed by atoms with Gasteiger partial charge in [0.2, 0.25) is 5.88 Å². The molecule has 0 saturated carbocycles. The summed E-state index contributed by atoms with van der Waals surface area (Å²) in [4.78, 5) is 7.83. The highest BCUT2D eigenvalue weighted by Gasteiger charge is 2.05. The Labute approximate surface area is 103 Å². The van der Waals surface area contributed by atoms with E-state index in [0.29, 0.717) is 16.7 Å². The van der Waals surface area contributed by atoms with Crippen LogP contribution in [-0.4, -0.2) is 9.97 Å². The molecule has 0 fully saturated rings. The van der Waals surface area contributed by atoms with Gasteiger partial charge in [-0.05, 0) is 24.6 Å². The third-order valence-electron chi connectivity index (χ3n) is 1.88. The fourth-order valence-corrected chi connectivity index (χ4v) is 1.47. The Morgan fingerprint density at radius 3 is 2.75 bits per heavy atom. The van der Waals surface area contributed by atoms with Gasteiger partial charge in [0.05, 0.1) is 17.4 Å². The molecule has 2 rings (SSSR count). The Balaban J connectivity index is 2.30. The number of nitrogens with zero attached hydrogens (tertiary/aromatic N) is 2. The average Bonchev–Trinajstić information content (AvgIpc) is 2.24. The van der Waals surface area contributed by atoms with Crippen molar-refractivity contribution >= 4 is 23.2 Å². The largest absolute Gasteiger partial charge is 0.436 e. The van der Waals surface area contributed by atoms with Crippen LogP contribution in [0.5, 0.6) is 11.6 Å². The normalized spacial score (nSPS) is 10.2. The molecule has 16 heavy (non-hydrogen) atoms. The van der Waals surface area contributed by atoms with Crippen LogP contribution in [0, 0.1) is 6.92 Å². The van der Waals surface area contributed by atoms with E-state index in [9.17, 15) is 0 Å². The molecule has 0 spiro atoms. The first kappa shape index (κ1) is 11.2. The van der Waals surface area contributed by atoms with Crippen LogP contribution in [0.2, 0.25) is 10.2 Å². The fraction of sp³-hybridized carbons (Fsp3) is 0.0909. The van der Waals surface area contributed by atoms with Gasteiger partial charge in [0.15, 0.2) is 5.15 Å². The van der Waals surface area contributed by atoms with E-state index in [1.165, 1.54) is 12.4 Å². The number of hydrogen-bond donors (Lipinski definition) is 0. The maximum Gasteiger partial charge on any atom is 0.239 e. The number of aromatic nitrogens is 2. The highest BCUT2D eigenvalue weighted by atomic mass is 35.5. The van der Waals surface area contributed by atoms with Gasteiger partial charge in [-0.15, -0.1) is 0 Å². The Morgan fingerprint density at radius 2 is 2.00 bits per heavy atom. The molecule has 5 heteroatoms. The summed E-state index contributed by atoms with van der Waals surface area (Å²) >= 11 is 11.7. The number of aryl methyl sites for hydroxylation is 1. The second kappa shape index (κ2) is 4.68. The monoisotopic (exact) mass is 254 g/mol. The van der Waals surface area contributed by atoms with Gasteiger partial charge >= 0.3 is 0 Å². The van der Waals surface area contributed by atoms with Gasteiger partial charge in [0.1, 0.15) is 5.75 Å². The molecule has 0 atom stereocenters. The summed E-state index contributed by atoms with van der Waals surface area (Å²) in [5, 5.41) is 0.800. The number of ether oxygens (including phenoxy) is 1. The van der Waals surface area contributed by atoms with Crippen LogP contribution in [0.1, 0.15) is 5.56 Å². The highest BCUT2D eigenvalue weighted by Crippen LogP contribution is 2.29. The maximum atomic E-state index is 5.98. The van der Waals surface area contributed by atoms with Crippen molar-refractivity contribution in [2.45, 2.75) is 6.92 Å².